The van der Waals surface area contributed by atoms with Gasteiger partial charge in [0.25, 0.3) is 0 Å². The molecule has 1 heterocycles. The maximum Gasteiger partial charge on any atom is 0.315 e. The molecule has 0 aliphatic heterocycles. The van der Waals surface area contributed by atoms with E-state index in [0.717, 1.165) is 19.3 Å². The summed E-state index contributed by atoms with van der Waals surface area (Å²) in [6, 6.07) is 1.87. The van der Waals surface area contributed by atoms with Crippen LogP contribution in [-0.2, 0) is 11.2 Å². The number of carbonyl (C=O) groups is 2. The predicted molar refractivity (Wildman–Crippen MR) is 75.8 cm³/mol. The summed E-state index contributed by atoms with van der Waals surface area (Å²) >= 11 is 1.74. The van der Waals surface area contributed by atoms with E-state index < -0.39 is 11.4 Å². The van der Waals surface area contributed by atoms with Gasteiger partial charge in [-0.05, 0) is 49.1 Å². The normalized spacial score (nSPS) is 22.7. The summed E-state index contributed by atoms with van der Waals surface area (Å²) in [7, 11) is 0. The number of carbonyl (C=O) groups excluding carboxylic acids is 1. The second kappa shape index (κ2) is 5.09. The van der Waals surface area contributed by atoms with Crippen molar-refractivity contribution in [3.63, 3.8) is 0 Å². The highest BCUT2D eigenvalue weighted by molar-refractivity contribution is 7.10. The molecule has 0 bridgehead atoms. The third kappa shape index (κ3) is 2.52. The molecule has 1 aromatic rings. The molecule has 1 aromatic heterocycles. The molecule has 0 aromatic carbocycles. The van der Waals surface area contributed by atoms with E-state index >= 15 is 0 Å². The Morgan fingerprint density at radius 3 is 2.95 bits per heavy atom. The summed E-state index contributed by atoms with van der Waals surface area (Å²) in [5.41, 5.74) is 0.507. The Balaban J connectivity index is 1.54. The quantitative estimate of drug-likeness (QED) is 0.797. The van der Waals surface area contributed by atoms with Crippen molar-refractivity contribution in [1.29, 1.82) is 0 Å². The molecule has 6 heteroatoms. The SMILES string of the molecule is O=C(NCC1(C(=O)O)CC1)NC1CCCc2sccc21. The highest BCUT2D eigenvalue weighted by atomic mass is 32.1. The highest BCUT2D eigenvalue weighted by Gasteiger charge is 2.50. The Morgan fingerprint density at radius 1 is 1.45 bits per heavy atom. The van der Waals surface area contributed by atoms with Gasteiger partial charge in [0, 0.05) is 11.4 Å². The largest absolute Gasteiger partial charge is 0.481 e. The van der Waals surface area contributed by atoms with E-state index in [9.17, 15) is 9.59 Å². The van der Waals surface area contributed by atoms with Crippen molar-refractivity contribution in [3.8, 4) is 0 Å². The molecule has 1 saturated carbocycles. The molecule has 0 saturated heterocycles. The van der Waals surface area contributed by atoms with Crippen LogP contribution in [0.25, 0.3) is 0 Å². The van der Waals surface area contributed by atoms with Crippen LogP contribution in [0.4, 0.5) is 4.79 Å². The van der Waals surface area contributed by atoms with E-state index in [-0.39, 0.29) is 18.6 Å². The van der Waals surface area contributed by atoms with Crippen LogP contribution in [0, 0.1) is 5.41 Å². The summed E-state index contributed by atoms with van der Waals surface area (Å²) in [6.45, 7) is 0.220. The first-order valence-corrected chi connectivity index (χ1v) is 7.83. The fourth-order valence-corrected chi connectivity index (χ4v) is 3.70. The van der Waals surface area contributed by atoms with Gasteiger partial charge in [-0.2, -0.15) is 0 Å². The van der Waals surface area contributed by atoms with Gasteiger partial charge < -0.3 is 15.7 Å². The molecule has 3 rings (SSSR count). The number of rotatable bonds is 4. The summed E-state index contributed by atoms with van der Waals surface area (Å²) in [6.07, 6.45) is 4.43. The molecule has 0 spiro atoms. The molecular weight excluding hydrogens is 276 g/mol. The van der Waals surface area contributed by atoms with Crippen molar-refractivity contribution in [2.45, 2.75) is 38.1 Å². The lowest BCUT2D eigenvalue weighted by molar-refractivity contribution is -0.143. The minimum atomic E-state index is -0.810. The number of aliphatic carboxylic acids is 1. The molecule has 108 valence electrons. The number of carboxylic acids is 1. The van der Waals surface area contributed by atoms with E-state index in [1.165, 1.54) is 10.4 Å². The standard InChI is InChI=1S/C14H18N2O3S/c17-12(18)14(5-6-14)8-15-13(19)16-10-2-1-3-11-9(10)4-7-20-11/h4,7,10H,1-3,5-6,8H2,(H,17,18)(H2,15,16,19). The van der Waals surface area contributed by atoms with E-state index in [0.29, 0.717) is 12.8 Å². The van der Waals surface area contributed by atoms with Gasteiger partial charge in [0.1, 0.15) is 0 Å². The van der Waals surface area contributed by atoms with Crippen LogP contribution in [0.15, 0.2) is 11.4 Å². The second-order valence-electron chi connectivity index (χ2n) is 5.66. The smallest absolute Gasteiger partial charge is 0.315 e. The van der Waals surface area contributed by atoms with Crippen LogP contribution in [-0.4, -0.2) is 23.7 Å². The van der Waals surface area contributed by atoms with Gasteiger partial charge in [0.15, 0.2) is 0 Å². The number of carboxylic acid groups (broad SMARTS) is 1. The van der Waals surface area contributed by atoms with Gasteiger partial charge in [-0.25, -0.2) is 4.79 Å². The Labute approximate surface area is 121 Å². The summed E-state index contributed by atoms with van der Waals surface area (Å²) < 4.78 is 0. The topological polar surface area (TPSA) is 78.4 Å². The molecule has 3 N–H and O–H groups in total. The van der Waals surface area contributed by atoms with Gasteiger partial charge in [-0.3, -0.25) is 4.79 Å². The van der Waals surface area contributed by atoms with Crippen LogP contribution >= 0.6 is 11.3 Å². The van der Waals surface area contributed by atoms with E-state index in [1.54, 1.807) is 11.3 Å². The minimum Gasteiger partial charge on any atom is -0.481 e. The molecule has 5 nitrogen and oxygen atoms in total. The number of urea groups is 1. The first-order chi connectivity index (χ1) is 9.61. The third-order valence-electron chi connectivity index (χ3n) is 4.25. The number of fused-ring (bicyclic) bond motifs is 1. The fraction of sp³-hybridized carbons (Fsp3) is 0.571. The molecule has 2 amide bonds. The van der Waals surface area contributed by atoms with Crippen molar-refractivity contribution in [2.24, 2.45) is 5.41 Å². The van der Waals surface area contributed by atoms with Crippen molar-refractivity contribution in [1.82, 2.24) is 10.6 Å². The van der Waals surface area contributed by atoms with Crippen LogP contribution in [0.1, 0.15) is 42.2 Å². The lowest BCUT2D eigenvalue weighted by atomic mass is 9.94. The zero-order valence-corrected chi connectivity index (χ0v) is 12.0. The maximum absolute atomic E-state index is 11.9. The van der Waals surface area contributed by atoms with Crippen molar-refractivity contribution in [3.05, 3.63) is 21.9 Å². The van der Waals surface area contributed by atoms with Crippen LogP contribution in [0.2, 0.25) is 0 Å². The molecule has 20 heavy (non-hydrogen) atoms. The van der Waals surface area contributed by atoms with Gasteiger partial charge in [0.2, 0.25) is 0 Å². The molecular formula is C14H18N2O3S. The monoisotopic (exact) mass is 294 g/mol. The second-order valence-corrected chi connectivity index (χ2v) is 6.66. The Kier molecular flexibility index (Phi) is 3.41. The van der Waals surface area contributed by atoms with Gasteiger partial charge in [0.05, 0.1) is 11.5 Å². The predicted octanol–water partition coefficient (Wildman–Crippen LogP) is 2.29. The van der Waals surface area contributed by atoms with Crippen molar-refractivity contribution < 1.29 is 14.7 Å². The lowest BCUT2D eigenvalue weighted by Crippen LogP contribution is -2.42. The fourth-order valence-electron chi connectivity index (χ4n) is 2.71. The first-order valence-electron chi connectivity index (χ1n) is 6.95. The Morgan fingerprint density at radius 2 is 2.25 bits per heavy atom. The molecule has 1 atom stereocenters. The number of amides is 2. The molecule has 1 unspecified atom stereocenters. The summed E-state index contributed by atoms with van der Waals surface area (Å²) in [5.74, 6) is -0.810. The minimum absolute atomic E-state index is 0.0602. The molecule has 0 radical (unpaired) electrons. The third-order valence-corrected chi connectivity index (χ3v) is 5.25. The number of hydrogen-bond acceptors (Lipinski definition) is 3. The number of hydrogen-bond donors (Lipinski definition) is 3. The average molecular weight is 294 g/mol. The zero-order valence-electron chi connectivity index (χ0n) is 11.1. The van der Waals surface area contributed by atoms with E-state index in [2.05, 4.69) is 22.1 Å². The molecule has 2 aliphatic rings. The van der Waals surface area contributed by atoms with E-state index in [1.807, 2.05) is 0 Å². The van der Waals surface area contributed by atoms with Crippen LogP contribution in [0.3, 0.4) is 0 Å². The van der Waals surface area contributed by atoms with Gasteiger partial charge in [-0.15, -0.1) is 11.3 Å². The highest BCUT2D eigenvalue weighted by Crippen LogP contribution is 2.45. The maximum atomic E-state index is 11.9. The summed E-state index contributed by atoms with van der Waals surface area (Å²) in [5, 5.41) is 16.8. The number of aryl methyl sites for hydroxylation is 1. The van der Waals surface area contributed by atoms with Crippen molar-refractivity contribution >= 4 is 23.3 Å². The number of thiophene rings is 1. The Bertz CT molecular complexity index is 536. The van der Waals surface area contributed by atoms with Gasteiger partial charge >= 0.3 is 12.0 Å². The first kappa shape index (κ1) is 13.4. The summed E-state index contributed by atoms with van der Waals surface area (Å²) in [4.78, 5) is 24.3. The van der Waals surface area contributed by atoms with E-state index in [4.69, 9.17) is 5.11 Å². The Hall–Kier alpha value is -1.56. The van der Waals surface area contributed by atoms with Crippen LogP contribution < -0.4 is 10.6 Å². The number of nitrogens with one attached hydrogen (secondary N) is 2. The molecule has 2 aliphatic carbocycles. The van der Waals surface area contributed by atoms with Crippen LogP contribution in [0.5, 0.6) is 0 Å². The average Bonchev–Trinajstić information content (AvgIpc) is 3.07. The molecule has 1 fully saturated rings. The lowest BCUT2D eigenvalue weighted by Gasteiger charge is -2.24. The zero-order chi connectivity index (χ0) is 14.2. The van der Waals surface area contributed by atoms with Gasteiger partial charge in [-0.1, -0.05) is 0 Å². The van der Waals surface area contributed by atoms with Crippen molar-refractivity contribution in [2.75, 3.05) is 6.54 Å².